The number of hydrogen-bond acceptors (Lipinski definition) is 2. The lowest BCUT2D eigenvalue weighted by Gasteiger charge is -2.62. The van der Waals surface area contributed by atoms with Gasteiger partial charge in [-0.05, 0) is 13.8 Å². The van der Waals surface area contributed by atoms with Gasteiger partial charge in [0.25, 0.3) is 0 Å². The molecule has 18 heavy (non-hydrogen) atoms. The van der Waals surface area contributed by atoms with Crippen molar-refractivity contribution in [3.05, 3.63) is 0 Å². The van der Waals surface area contributed by atoms with Crippen molar-refractivity contribution in [3.8, 4) is 0 Å². The summed E-state index contributed by atoms with van der Waals surface area (Å²) in [6.07, 6.45) is 0. The van der Waals surface area contributed by atoms with Crippen molar-refractivity contribution in [2.24, 2.45) is 15.8 Å². The van der Waals surface area contributed by atoms with E-state index in [-0.39, 0.29) is 11.0 Å². The monoisotopic (exact) mass is 253 g/mol. The molecule has 2 heterocycles. The number of ether oxygens (including phenoxy) is 1. The molecule has 0 aromatic carbocycles. The summed E-state index contributed by atoms with van der Waals surface area (Å²) in [6, 6.07) is 0. The Morgan fingerprint density at radius 1 is 1.22 bits per heavy atom. The molecule has 2 saturated heterocycles. The van der Waals surface area contributed by atoms with Gasteiger partial charge in [-0.1, -0.05) is 20.8 Å². The SMILES string of the molecule is CN=C(NCC1(C)COC1)N1CC(C)(C)C1(C)C. The molecule has 2 fully saturated rings. The molecule has 0 aliphatic carbocycles. The van der Waals surface area contributed by atoms with Crippen LogP contribution in [0, 0.1) is 10.8 Å². The van der Waals surface area contributed by atoms with Crippen LogP contribution in [-0.2, 0) is 4.74 Å². The lowest BCUT2D eigenvalue weighted by molar-refractivity contribution is -0.0996. The Morgan fingerprint density at radius 2 is 1.83 bits per heavy atom. The predicted molar refractivity (Wildman–Crippen MR) is 74.9 cm³/mol. The fraction of sp³-hybridized carbons (Fsp3) is 0.929. The third-order valence-corrected chi connectivity index (χ3v) is 4.93. The fourth-order valence-electron chi connectivity index (χ4n) is 2.54. The largest absolute Gasteiger partial charge is 0.380 e. The number of nitrogens with zero attached hydrogens (tertiary/aromatic N) is 2. The van der Waals surface area contributed by atoms with E-state index in [1.807, 2.05) is 7.05 Å². The number of likely N-dealkylation sites (tertiary alicyclic amines) is 1. The minimum absolute atomic E-state index is 0.159. The zero-order chi connectivity index (χ0) is 13.6. The molecule has 0 bridgehead atoms. The maximum Gasteiger partial charge on any atom is 0.194 e. The summed E-state index contributed by atoms with van der Waals surface area (Å²) < 4.78 is 5.29. The van der Waals surface area contributed by atoms with Crippen LogP contribution < -0.4 is 5.32 Å². The van der Waals surface area contributed by atoms with E-state index in [1.165, 1.54) is 0 Å². The van der Waals surface area contributed by atoms with Gasteiger partial charge in [-0.25, -0.2) is 0 Å². The summed E-state index contributed by atoms with van der Waals surface area (Å²) in [5.74, 6) is 1.02. The number of nitrogens with one attached hydrogen (secondary N) is 1. The highest BCUT2D eigenvalue weighted by Crippen LogP contribution is 2.46. The van der Waals surface area contributed by atoms with Gasteiger partial charge in [0, 0.05) is 36.5 Å². The van der Waals surface area contributed by atoms with E-state index in [0.29, 0.717) is 5.41 Å². The van der Waals surface area contributed by atoms with Crippen LogP contribution in [0.2, 0.25) is 0 Å². The topological polar surface area (TPSA) is 36.9 Å². The standard InChI is InChI=1S/C14H27N3O/c1-12(2)8-17(13(12,3)4)11(15-6)16-7-14(5)9-18-10-14/h7-10H2,1-6H3,(H,15,16). The third kappa shape index (κ3) is 2.00. The quantitative estimate of drug-likeness (QED) is 0.601. The molecule has 0 saturated carbocycles. The highest BCUT2D eigenvalue weighted by Gasteiger charge is 2.53. The highest BCUT2D eigenvalue weighted by atomic mass is 16.5. The molecule has 0 amide bonds. The molecule has 104 valence electrons. The summed E-state index contributed by atoms with van der Waals surface area (Å²) in [6.45, 7) is 15.2. The Hall–Kier alpha value is -0.770. The predicted octanol–water partition coefficient (Wildman–Crippen LogP) is 1.72. The lowest BCUT2D eigenvalue weighted by Crippen LogP contribution is -2.73. The molecule has 2 rings (SSSR count). The molecule has 0 spiro atoms. The van der Waals surface area contributed by atoms with Crippen molar-refractivity contribution < 1.29 is 4.74 Å². The fourth-order valence-corrected chi connectivity index (χ4v) is 2.54. The molecule has 4 nitrogen and oxygen atoms in total. The molecule has 0 aromatic rings. The van der Waals surface area contributed by atoms with E-state index in [2.05, 4.69) is 49.8 Å². The molecule has 2 aliphatic rings. The highest BCUT2D eigenvalue weighted by molar-refractivity contribution is 5.82. The summed E-state index contributed by atoms with van der Waals surface area (Å²) in [4.78, 5) is 6.79. The van der Waals surface area contributed by atoms with Crippen LogP contribution in [0.5, 0.6) is 0 Å². The van der Waals surface area contributed by atoms with Crippen molar-refractivity contribution in [1.82, 2.24) is 10.2 Å². The van der Waals surface area contributed by atoms with E-state index in [0.717, 1.165) is 32.3 Å². The zero-order valence-corrected chi connectivity index (χ0v) is 12.6. The Balaban J connectivity index is 1.95. The molecule has 0 unspecified atom stereocenters. The van der Waals surface area contributed by atoms with Crippen molar-refractivity contribution >= 4 is 5.96 Å². The second-order valence-corrected chi connectivity index (χ2v) is 7.23. The Morgan fingerprint density at radius 3 is 2.17 bits per heavy atom. The van der Waals surface area contributed by atoms with Crippen molar-refractivity contribution in [2.45, 2.75) is 40.2 Å². The van der Waals surface area contributed by atoms with Gasteiger partial charge in [0.05, 0.1) is 13.2 Å². The minimum Gasteiger partial charge on any atom is -0.380 e. The number of guanidine groups is 1. The molecule has 0 atom stereocenters. The van der Waals surface area contributed by atoms with Crippen molar-refractivity contribution in [3.63, 3.8) is 0 Å². The molecule has 1 N–H and O–H groups in total. The Labute approximate surface area is 111 Å². The van der Waals surface area contributed by atoms with Crippen LogP contribution >= 0.6 is 0 Å². The van der Waals surface area contributed by atoms with E-state index < -0.39 is 0 Å². The first-order valence-corrected chi connectivity index (χ1v) is 6.78. The molecule has 4 heteroatoms. The van der Waals surface area contributed by atoms with Crippen LogP contribution in [0.15, 0.2) is 4.99 Å². The normalized spacial score (nSPS) is 28.3. The lowest BCUT2D eigenvalue weighted by atomic mass is 9.65. The maximum atomic E-state index is 5.29. The van der Waals surface area contributed by atoms with Gasteiger partial charge in [-0.3, -0.25) is 4.99 Å². The second-order valence-electron chi connectivity index (χ2n) is 7.23. The van der Waals surface area contributed by atoms with Gasteiger partial charge >= 0.3 is 0 Å². The third-order valence-electron chi connectivity index (χ3n) is 4.93. The van der Waals surface area contributed by atoms with Gasteiger partial charge in [-0.2, -0.15) is 0 Å². The van der Waals surface area contributed by atoms with Crippen LogP contribution in [0.4, 0.5) is 0 Å². The Kier molecular flexibility index (Phi) is 3.13. The molecule has 0 radical (unpaired) electrons. The van der Waals surface area contributed by atoms with Gasteiger partial charge in [0.15, 0.2) is 5.96 Å². The average molecular weight is 253 g/mol. The number of rotatable bonds is 2. The van der Waals surface area contributed by atoms with Crippen LogP contribution in [0.3, 0.4) is 0 Å². The van der Waals surface area contributed by atoms with Crippen LogP contribution in [-0.4, -0.2) is 49.7 Å². The zero-order valence-electron chi connectivity index (χ0n) is 12.6. The summed E-state index contributed by atoms with van der Waals surface area (Å²) in [7, 11) is 1.86. The number of hydrogen-bond donors (Lipinski definition) is 1. The molecular formula is C14H27N3O. The van der Waals surface area contributed by atoms with Gasteiger partial charge in [-0.15, -0.1) is 0 Å². The molecule has 0 aromatic heterocycles. The second kappa shape index (κ2) is 4.12. The first kappa shape index (κ1) is 13.7. The van der Waals surface area contributed by atoms with Crippen molar-refractivity contribution in [2.75, 3.05) is 33.4 Å². The summed E-state index contributed by atoms with van der Waals surface area (Å²) >= 11 is 0. The van der Waals surface area contributed by atoms with E-state index in [9.17, 15) is 0 Å². The van der Waals surface area contributed by atoms with Gasteiger partial charge in [0.2, 0.25) is 0 Å². The van der Waals surface area contributed by atoms with Gasteiger partial charge < -0.3 is 15.0 Å². The van der Waals surface area contributed by atoms with Crippen LogP contribution in [0.1, 0.15) is 34.6 Å². The van der Waals surface area contributed by atoms with E-state index in [1.54, 1.807) is 0 Å². The van der Waals surface area contributed by atoms with Crippen LogP contribution in [0.25, 0.3) is 0 Å². The van der Waals surface area contributed by atoms with Gasteiger partial charge in [0.1, 0.15) is 0 Å². The Bertz CT molecular complexity index is 356. The maximum absolute atomic E-state index is 5.29. The summed E-state index contributed by atoms with van der Waals surface area (Å²) in [5.41, 5.74) is 0.778. The first-order valence-electron chi connectivity index (χ1n) is 6.78. The van der Waals surface area contributed by atoms with E-state index >= 15 is 0 Å². The number of aliphatic imine (C=N–C) groups is 1. The molecular weight excluding hydrogens is 226 g/mol. The average Bonchev–Trinajstić information content (AvgIpc) is 2.26. The van der Waals surface area contributed by atoms with E-state index in [4.69, 9.17) is 4.74 Å². The van der Waals surface area contributed by atoms with Crippen molar-refractivity contribution in [1.29, 1.82) is 0 Å². The molecule has 2 aliphatic heterocycles. The smallest absolute Gasteiger partial charge is 0.194 e. The summed E-state index contributed by atoms with van der Waals surface area (Å²) in [5, 5.41) is 3.50. The first-order chi connectivity index (χ1) is 8.22. The minimum atomic E-state index is 0.159.